The summed E-state index contributed by atoms with van der Waals surface area (Å²) >= 11 is 0. The minimum absolute atomic E-state index is 0.683. The van der Waals surface area contributed by atoms with Crippen molar-refractivity contribution in [3.8, 4) is 5.75 Å². The van der Waals surface area contributed by atoms with Crippen molar-refractivity contribution in [2.45, 2.75) is 13.3 Å². The molecule has 1 aromatic carbocycles. The molecule has 12 heavy (non-hydrogen) atoms. The van der Waals surface area contributed by atoms with Gasteiger partial charge in [-0.2, -0.15) is 0 Å². The third-order valence-corrected chi connectivity index (χ3v) is 2.08. The smallest absolute Gasteiger partial charge is 0.153 e. The number of aldehydes is 1. The fraction of sp³-hybridized carbons (Fsp3) is 0.300. The third-order valence-electron chi connectivity index (χ3n) is 2.08. The maximum atomic E-state index is 10.6. The summed E-state index contributed by atoms with van der Waals surface area (Å²) in [5.74, 6) is 0.788. The number of hydrogen-bond donors (Lipinski definition) is 0. The summed E-state index contributed by atoms with van der Waals surface area (Å²) in [5, 5.41) is 0. The second kappa shape index (κ2) is 2.63. The second-order valence-corrected chi connectivity index (χ2v) is 3.06. The average Bonchev–Trinajstić information content (AvgIpc) is 2.50. The SMILES string of the molecule is Cc1cc(C=O)c2c(c1)CCO2. The molecular weight excluding hydrogens is 152 g/mol. The summed E-state index contributed by atoms with van der Waals surface area (Å²) in [6.07, 6.45) is 1.79. The van der Waals surface area contributed by atoms with E-state index in [-0.39, 0.29) is 0 Å². The molecule has 0 saturated carbocycles. The quantitative estimate of drug-likeness (QED) is 0.588. The number of ether oxygens (including phenoxy) is 1. The first kappa shape index (κ1) is 7.35. The van der Waals surface area contributed by atoms with Crippen molar-refractivity contribution in [3.63, 3.8) is 0 Å². The van der Waals surface area contributed by atoms with E-state index < -0.39 is 0 Å². The van der Waals surface area contributed by atoms with Crippen molar-refractivity contribution in [1.82, 2.24) is 0 Å². The van der Waals surface area contributed by atoms with E-state index in [2.05, 4.69) is 6.07 Å². The Morgan fingerprint density at radius 2 is 2.33 bits per heavy atom. The molecule has 0 N–H and O–H groups in total. The average molecular weight is 162 g/mol. The molecule has 0 amide bonds. The van der Waals surface area contributed by atoms with Crippen molar-refractivity contribution in [3.05, 3.63) is 28.8 Å². The number of carbonyl (C=O) groups is 1. The van der Waals surface area contributed by atoms with Crippen molar-refractivity contribution >= 4 is 6.29 Å². The van der Waals surface area contributed by atoms with Crippen LogP contribution in [0.25, 0.3) is 0 Å². The summed E-state index contributed by atoms with van der Waals surface area (Å²) in [6, 6.07) is 3.94. The highest BCUT2D eigenvalue weighted by Gasteiger charge is 2.15. The lowest BCUT2D eigenvalue weighted by Crippen LogP contribution is -1.90. The summed E-state index contributed by atoms with van der Waals surface area (Å²) in [6.45, 7) is 2.70. The first-order valence-corrected chi connectivity index (χ1v) is 4.03. The van der Waals surface area contributed by atoms with Crippen LogP contribution in [-0.2, 0) is 6.42 Å². The van der Waals surface area contributed by atoms with Crippen LogP contribution in [0.1, 0.15) is 21.5 Å². The molecule has 1 aromatic rings. The fourth-order valence-electron chi connectivity index (χ4n) is 1.59. The lowest BCUT2D eigenvalue weighted by atomic mass is 10.1. The van der Waals surface area contributed by atoms with E-state index in [0.29, 0.717) is 12.2 Å². The molecular formula is C10H10O2. The van der Waals surface area contributed by atoms with E-state index in [1.807, 2.05) is 13.0 Å². The molecule has 0 fully saturated rings. The molecule has 0 radical (unpaired) electrons. The summed E-state index contributed by atoms with van der Waals surface area (Å²) in [5.41, 5.74) is 2.97. The Kier molecular flexibility index (Phi) is 1.61. The zero-order valence-electron chi connectivity index (χ0n) is 6.96. The molecule has 0 atom stereocenters. The number of carbonyl (C=O) groups excluding carboxylic acids is 1. The highest BCUT2D eigenvalue weighted by molar-refractivity contribution is 5.81. The van der Waals surface area contributed by atoms with Crippen LogP contribution in [-0.4, -0.2) is 12.9 Å². The van der Waals surface area contributed by atoms with Crippen LogP contribution < -0.4 is 4.74 Å². The van der Waals surface area contributed by atoms with Crippen LogP contribution in [0.5, 0.6) is 5.75 Å². The van der Waals surface area contributed by atoms with Crippen molar-refractivity contribution in [2.75, 3.05) is 6.61 Å². The Morgan fingerprint density at radius 1 is 1.50 bits per heavy atom. The highest BCUT2D eigenvalue weighted by atomic mass is 16.5. The van der Waals surface area contributed by atoms with Gasteiger partial charge in [0.25, 0.3) is 0 Å². The summed E-state index contributed by atoms with van der Waals surface area (Å²) < 4.78 is 5.34. The van der Waals surface area contributed by atoms with Crippen LogP contribution in [0.15, 0.2) is 12.1 Å². The molecule has 2 nitrogen and oxygen atoms in total. The van der Waals surface area contributed by atoms with E-state index in [1.54, 1.807) is 0 Å². The second-order valence-electron chi connectivity index (χ2n) is 3.06. The molecule has 1 aliphatic rings. The van der Waals surface area contributed by atoms with Gasteiger partial charge in [0, 0.05) is 6.42 Å². The van der Waals surface area contributed by atoms with Crippen LogP contribution in [0.4, 0.5) is 0 Å². The van der Waals surface area contributed by atoms with Crippen molar-refractivity contribution < 1.29 is 9.53 Å². The first-order valence-electron chi connectivity index (χ1n) is 4.03. The fourth-order valence-corrected chi connectivity index (χ4v) is 1.59. The van der Waals surface area contributed by atoms with Crippen LogP contribution in [0.2, 0.25) is 0 Å². The van der Waals surface area contributed by atoms with Crippen LogP contribution in [0.3, 0.4) is 0 Å². The van der Waals surface area contributed by atoms with Gasteiger partial charge in [0.2, 0.25) is 0 Å². The zero-order chi connectivity index (χ0) is 8.55. The van der Waals surface area contributed by atoms with Crippen LogP contribution >= 0.6 is 0 Å². The largest absolute Gasteiger partial charge is 0.492 e. The Labute approximate surface area is 71.2 Å². The molecule has 2 rings (SSSR count). The lowest BCUT2D eigenvalue weighted by molar-refractivity contribution is 0.112. The first-order chi connectivity index (χ1) is 5.81. The molecule has 0 unspecified atom stereocenters. The topological polar surface area (TPSA) is 26.3 Å². The number of benzene rings is 1. The molecule has 2 heteroatoms. The highest BCUT2D eigenvalue weighted by Crippen LogP contribution is 2.29. The number of aryl methyl sites for hydroxylation is 1. The Bertz CT molecular complexity index is 329. The number of hydrogen-bond acceptors (Lipinski definition) is 2. The zero-order valence-corrected chi connectivity index (χ0v) is 6.96. The predicted octanol–water partition coefficient (Wildman–Crippen LogP) is 1.74. The van der Waals surface area contributed by atoms with E-state index in [9.17, 15) is 4.79 Å². The minimum atomic E-state index is 0.683. The molecule has 1 heterocycles. The Hall–Kier alpha value is -1.31. The maximum Gasteiger partial charge on any atom is 0.153 e. The normalized spacial score (nSPS) is 13.8. The minimum Gasteiger partial charge on any atom is -0.492 e. The van der Waals surface area contributed by atoms with Gasteiger partial charge in [0.1, 0.15) is 5.75 Å². The Morgan fingerprint density at radius 3 is 3.08 bits per heavy atom. The van der Waals surface area contributed by atoms with Gasteiger partial charge in [-0.25, -0.2) is 0 Å². The van der Waals surface area contributed by atoms with Crippen molar-refractivity contribution in [1.29, 1.82) is 0 Å². The molecule has 0 bridgehead atoms. The monoisotopic (exact) mass is 162 g/mol. The molecule has 1 aliphatic heterocycles. The van der Waals surface area contributed by atoms with E-state index in [0.717, 1.165) is 29.6 Å². The number of fused-ring (bicyclic) bond motifs is 1. The molecule has 0 aliphatic carbocycles. The van der Waals surface area contributed by atoms with E-state index >= 15 is 0 Å². The van der Waals surface area contributed by atoms with Crippen molar-refractivity contribution in [2.24, 2.45) is 0 Å². The van der Waals surface area contributed by atoms with E-state index in [1.165, 1.54) is 0 Å². The summed E-state index contributed by atoms with van der Waals surface area (Å²) in [4.78, 5) is 10.6. The lowest BCUT2D eigenvalue weighted by Gasteiger charge is -2.02. The number of rotatable bonds is 1. The maximum absolute atomic E-state index is 10.6. The van der Waals surface area contributed by atoms with Gasteiger partial charge in [-0.15, -0.1) is 0 Å². The molecule has 0 saturated heterocycles. The van der Waals surface area contributed by atoms with Gasteiger partial charge >= 0.3 is 0 Å². The van der Waals surface area contributed by atoms with E-state index in [4.69, 9.17) is 4.74 Å². The van der Waals surface area contributed by atoms with Gasteiger partial charge in [0.05, 0.1) is 12.2 Å². The molecule has 62 valence electrons. The van der Waals surface area contributed by atoms with Gasteiger partial charge < -0.3 is 4.74 Å². The summed E-state index contributed by atoms with van der Waals surface area (Å²) in [7, 11) is 0. The molecule has 0 spiro atoms. The predicted molar refractivity (Wildman–Crippen MR) is 45.8 cm³/mol. The third kappa shape index (κ3) is 0.998. The van der Waals surface area contributed by atoms with Crippen LogP contribution in [0, 0.1) is 6.92 Å². The van der Waals surface area contributed by atoms with Gasteiger partial charge in [-0.1, -0.05) is 6.07 Å². The van der Waals surface area contributed by atoms with Gasteiger partial charge in [-0.3, -0.25) is 4.79 Å². The molecule has 0 aromatic heterocycles. The van der Waals surface area contributed by atoms with Gasteiger partial charge in [0.15, 0.2) is 6.29 Å². The Balaban J connectivity index is 2.62. The van der Waals surface area contributed by atoms with Gasteiger partial charge in [-0.05, 0) is 24.1 Å². The standard InChI is InChI=1S/C10H10O2/c1-7-4-8-2-3-12-10(8)9(5-7)6-11/h4-6H,2-3H2,1H3.